The molecule has 0 spiro atoms. The summed E-state index contributed by atoms with van der Waals surface area (Å²) in [4.78, 5) is 31.6. The maximum absolute atomic E-state index is 13.0. The fourth-order valence-electron chi connectivity index (χ4n) is 4.21. The lowest BCUT2D eigenvalue weighted by atomic mass is 10.1. The van der Waals surface area contributed by atoms with Gasteiger partial charge in [-0.2, -0.15) is 0 Å². The van der Waals surface area contributed by atoms with Gasteiger partial charge in [0.05, 0.1) is 11.0 Å². The van der Waals surface area contributed by atoms with Crippen LogP contribution >= 0.6 is 0 Å². The van der Waals surface area contributed by atoms with Gasteiger partial charge < -0.3 is 4.90 Å². The van der Waals surface area contributed by atoms with Gasteiger partial charge in [0, 0.05) is 41.8 Å². The molecule has 0 saturated heterocycles. The van der Waals surface area contributed by atoms with Crippen LogP contribution in [0.2, 0.25) is 0 Å². The van der Waals surface area contributed by atoms with Gasteiger partial charge in [0.15, 0.2) is 0 Å². The number of allylic oxidation sites excluding steroid dienone is 1. The van der Waals surface area contributed by atoms with Gasteiger partial charge in [-0.05, 0) is 61.4 Å². The molecule has 3 heterocycles. The zero-order valence-electron chi connectivity index (χ0n) is 16.9. The van der Waals surface area contributed by atoms with Gasteiger partial charge in [-0.1, -0.05) is 23.8 Å². The van der Waals surface area contributed by atoms with Crippen LogP contribution in [0, 0.1) is 6.92 Å². The van der Waals surface area contributed by atoms with E-state index in [1.54, 1.807) is 22.8 Å². The molecule has 0 aliphatic carbocycles. The molecule has 0 radical (unpaired) electrons. The van der Waals surface area contributed by atoms with Crippen molar-refractivity contribution in [2.75, 3.05) is 0 Å². The Morgan fingerprint density at radius 1 is 1.03 bits per heavy atom. The van der Waals surface area contributed by atoms with Crippen LogP contribution in [0.3, 0.4) is 0 Å². The Hall–Kier alpha value is -3.73. The number of pyridine rings is 2. The van der Waals surface area contributed by atoms with Crippen molar-refractivity contribution in [3.8, 4) is 5.69 Å². The number of aromatic nitrogens is 2. The maximum atomic E-state index is 13.0. The summed E-state index contributed by atoms with van der Waals surface area (Å²) in [6.07, 6.45) is 5.16. The van der Waals surface area contributed by atoms with Crippen LogP contribution in [0.1, 0.15) is 23.6 Å². The van der Waals surface area contributed by atoms with Crippen molar-refractivity contribution in [3.63, 3.8) is 0 Å². The van der Waals surface area contributed by atoms with E-state index in [0.29, 0.717) is 13.1 Å². The summed E-state index contributed by atoms with van der Waals surface area (Å²) in [5.41, 5.74) is 5.74. The van der Waals surface area contributed by atoms with Gasteiger partial charge in [0.1, 0.15) is 0 Å². The summed E-state index contributed by atoms with van der Waals surface area (Å²) < 4.78 is 1.76. The van der Waals surface area contributed by atoms with E-state index < -0.39 is 0 Å². The average molecular weight is 395 g/mol. The number of nitrogens with zero attached hydrogens (tertiary/aromatic N) is 3. The molecule has 0 bridgehead atoms. The number of rotatable bonds is 2. The van der Waals surface area contributed by atoms with E-state index in [0.717, 1.165) is 44.2 Å². The van der Waals surface area contributed by atoms with Crippen LogP contribution in [-0.4, -0.2) is 20.4 Å². The molecular weight excluding hydrogens is 374 g/mol. The van der Waals surface area contributed by atoms with Crippen LogP contribution in [0.15, 0.2) is 71.7 Å². The minimum atomic E-state index is -0.0868. The van der Waals surface area contributed by atoms with Crippen LogP contribution in [0.5, 0.6) is 0 Å². The van der Waals surface area contributed by atoms with E-state index >= 15 is 0 Å². The number of hydrogen-bond acceptors (Lipinski definition) is 3. The third kappa shape index (κ3) is 2.90. The molecule has 0 fully saturated rings. The van der Waals surface area contributed by atoms with Crippen LogP contribution < -0.4 is 5.56 Å². The van der Waals surface area contributed by atoms with Gasteiger partial charge in [-0.3, -0.25) is 19.1 Å². The predicted molar refractivity (Wildman–Crippen MR) is 119 cm³/mol. The van der Waals surface area contributed by atoms with E-state index in [1.165, 1.54) is 0 Å². The molecule has 1 amide bonds. The summed E-state index contributed by atoms with van der Waals surface area (Å²) in [5.74, 6) is 0.00474. The quantitative estimate of drug-likeness (QED) is 0.376. The molecule has 0 unspecified atom stereocenters. The predicted octanol–water partition coefficient (Wildman–Crippen LogP) is 4.27. The number of amides is 1. The van der Waals surface area contributed by atoms with Gasteiger partial charge in [0.25, 0.3) is 5.56 Å². The van der Waals surface area contributed by atoms with Gasteiger partial charge in [-0.15, -0.1) is 0 Å². The minimum Gasteiger partial charge on any atom is -0.330 e. The second kappa shape index (κ2) is 6.95. The first-order valence-electron chi connectivity index (χ1n) is 10.00. The number of benzene rings is 2. The smallest absolute Gasteiger partial charge is 0.255 e. The highest BCUT2D eigenvalue weighted by molar-refractivity contribution is 6.04. The van der Waals surface area contributed by atoms with E-state index in [4.69, 9.17) is 0 Å². The monoisotopic (exact) mass is 395 g/mol. The number of fused-ring (bicyclic) bond motifs is 4. The Balaban J connectivity index is 1.71. The Bertz CT molecular complexity index is 1420. The number of hydrogen-bond donors (Lipinski definition) is 0. The summed E-state index contributed by atoms with van der Waals surface area (Å²) in [7, 11) is 0. The highest BCUT2D eigenvalue weighted by Gasteiger charge is 2.22. The summed E-state index contributed by atoms with van der Waals surface area (Å²) >= 11 is 0. The summed E-state index contributed by atoms with van der Waals surface area (Å²) in [6, 6.07) is 15.5. The largest absolute Gasteiger partial charge is 0.330 e. The Kier molecular flexibility index (Phi) is 4.24. The van der Waals surface area contributed by atoms with Crippen molar-refractivity contribution in [2.45, 2.75) is 26.9 Å². The van der Waals surface area contributed by atoms with Crippen molar-refractivity contribution >= 4 is 27.7 Å². The maximum Gasteiger partial charge on any atom is 0.255 e. The van der Waals surface area contributed by atoms with Gasteiger partial charge in [0.2, 0.25) is 5.91 Å². The second-order valence-electron chi connectivity index (χ2n) is 7.74. The molecular formula is C25H21N3O2. The molecule has 4 aromatic rings. The molecule has 5 rings (SSSR count). The molecule has 0 atom stereocenters. The zero-order valence-corrected chi connectivity index (χ0v) is 16.9. The van der Waals surface area contributed by atoms with Crippen molar-refractivity contribution in [3.05, 3.63) is 93.9 Å². The van der Waals surface area contributed by atoms with Crippen LogP contribution in [0.4, 0.5) is 0 Å². The molecule has 0 saturated carbocycles. The number of carbonyl (C=O) groups is 1. The van der Waals surface area contributed by atoms with Crippen molar-refractivity contribution < 1.29 is 4.79 Å². The van der Waals surface area contributed by atoms with E-state index in [9.17, 15) is 9.59 Å². The summed E-state index contributed by atoms with van der Waals surface area (Å²) in [5, 5.41) is 1.87. The number of aryl methyl sites for hydroxylation is 1. The first-order chi connectivity index (χ1) is 14.5. The standard InChI is InChI=1S/C25H21N3O2/c1-3-4-23(29)27-14-18-6-8-20(12-19(18)15-27)28-24(30)10-7-17-13-26-22-9-5-16(2)11-21(22)25(17)28/h3-13H,14-15H2,1-2H3/b4-3-. The third-order valence-corrected chi connectivity index (χ3v) is 5.66. The van der Waals surface area contributed by atoms with Crippen molar-refractivity contribution in [1.29, 1.82) is 0 Å². The minimum absolute atomic E-state index is 0.00474. The van der Waals surface area contributed by atoms with E-state index in [1.807, 2.05) is 61.3 Å². The molecule has 30 heavy (non-hydrogen) atoms. The molecule has 1 aliphatic rings. The second-order valence-corrected chi connectivity index (χ2v) is 7.74. The van der Waals surface area contributed by atoms with Gasteiger partial charge >= 0.3 is 0 Å². The Morgan fingerprint density at radius 3 is 2.70 bits per heavy atom. The SMILES string of the molecule is C/C=C\C(=O)N1Cc2ccc(-n3c(=O)ccc4cnc5ccc(C)cc5c43)cc2C1. The first kappa shape index (κ1) is 18.3. The Labute approximate surface area is 173 Å². The number of carbonyl (C=O) groups excluding carboxylic acids is 1. The average Bonchev–Trinajstić information content (AvgIpc) is 3.17. The molecule has 0 N–H and O–H groups in total. The van der Waals surface area contributed by atoms with Crippen molar-refractivity contribution in [1.82, 2.24) is 14.5 Å². The van der Waals surface area contributed by atoms with E-state index in [-0.39, 0.29) is 11.5 Å². The van der Waals surface area contributed by atoms with E-state index in [2.05, 4.69) is 11.1 Å². The normalized spacial score (nSPS) is 13.5. The first-order valence-corrected chi connectivity index (χ1v) is 10.00. The van der Waals surface area contributed by atoms with Crippen LogP contribution in [-0.2, 0) is 17.9 Å². The van der Waals surface area contributed by atoms with Crippen LogP contribution in [0.25, 0.3) is 27.5 Å². The van der Waals surface area contributed by atoms with Gasteiger partial charge in [-0.25, -0.2) is 0 Å². The molecule has 2 aromatic heterocycles. The summed E-state index contributed by atoms with van der Waals surface area (Å²) in [6.45, 7) is 5.02. The molecule has 5 heteroatoms. The molecule has 2 aromatic carbocycles. The third-order valence-electron chi connectivity index (χ3n) is 5.66. The highest BCUT2D eigenvalue weighted by Crippen LogP contribution is 2.29. The Morgan fingerprint density at radius 2 is 1.87 bits per heavy atom. The van der Waals surface area contributed by atoms with Crippen molar-refractivity contribution in [2.24, 2.45) is 0 Å². The molecule has 1 aliphatic heterocycles. The zero-order chi connectivity index (χ0) is 20.8. The highest BCUT2D eigenvalue weighted by atomic mass is 16.2. The topological polar surface area (TPSA) is 55.2 Å². The molecule has 5 nitrogen and oxygen atoms in total. The fourth-order valence-corrected chi connectivity index (χ4v) is 4.21. The fraction of sp³-hybridized carbons (Fsp3) is 0.160. The lowest BCUT2D eigenvalue weighted by molar-refractivity contribution is -0.126. The lowest BCUT2D eigenvalue weighted by Crippen LogP contribution is -2.22. The lowest BCUT2D eigenvalue weighted by Gasteiger charge is -2.14. The molecule has 148 valence electrons.